The Kier molecular flexibility index (Phi) is 10.2. The first-order valence-corrected chi connectivity index (χ1v) is 14.8. The largest absolute Gasteiger partial charge is 0.514 e. The van der Waals surface area contributed by atoms with Crippen molar-refractivity contribution >= 4 is 28.9 Å². The number of fused-ring (bicyclic) bond motifs is 1. The fourth-order valence-electron chi connectivity index (χ4n) is 4.63. The van der Waals surface area contributed by atoms with Gasteiger partial charge in [-0.25, -0.2) is 14.6 Å². The summed E-state index contributed by atoms with van der Waals surface area (Å²) >= 11 is 0. The third kappa shape index (κ3) is 8.35. The maximum Gasteiger partial charge on any atom is 0.514 e. The minimum absolute atomic E-state index is 0.202. The van der Waals surface area contributed by atoms with Crippen molar-refractivity contribution in [3.8, 4) is 16.9 Å². The summed E-state index contributed by atoms with van der Waals surface area (Å²) in [7, 11) is 0. The molecule has 8 nitrogen and oxygen atoms in total. The van der Waals surface area contributed by atoms with Crippen molar-refractivity contribution in [1.82, 2.24) is 14.9 Å². The van der Waals surface area contributed by atoms with Gasteiger partial charge in [0.15, 0.2) is 0 Å². The van der Waals surface area contributed by atoms with Crippen LogP contribution in [0, 0.1) is 0 Å². The number of hydrogen-bond acceptors (Lipinski definition) is 5. The first-order valence-electron chi connectivity index (χ1n) is 14.8. The average Bonchev–Trinajstić information content (AvgIpc) is 3.28. The Morgan fingerprint density at radius 1 is 0.929 bits per heavy atom. The van der Waals surface area contributed by atoms with Crippen LogP contribution in [0.4, 0.5) is 15.3 Å². The molecule has 1 aromatic heterocycles. The number of aryl methyl sites for hydroxylation is 1. The van der Waals surface area contributed by atoms with Crippen molar-refractivity contribution in [2.75, 3.05) is 11.9 Å². The number of ether oxygens (including phenoxy) is 2. The van der Waals surface area contributed by atoms with Gasteiger partial charge in [-0.2, -0.15) is 0 Å². The van der Waals surface area contributed by atoms with E-state index in [1.165, 1.54) is 0 Å². The van der Waals surface area contributed by atoms with E-state index in [-0.39, 0.29) is 6.03 Å². The monoisotopic (exact) mass is 570 g/mol. The second-order valence-electron chi connectivity index (χ2n) is 11.4. The fraction of sp³-hybridized carbons (Fsp3) is 0.382. The lowest BCUT2D eigenvalue weighted by molar-refractivity contribution is 0.0207. The lowest BCUT2D eigenvalue weighted by Crippen LogP contribution is -2.29. The number of benzene rings is 3. The van der Waals surface area contributed by atoms with Crippen LogP contribution in [0.3, 0.4) is 0 Å². The highest BCUT2D eigenvalue weighted by molar-refractivity contribution is 5.92. The minimum Gasteiger partial charge on any atom is -0.428 e. The van der Waals surface area contributed by atoms with Crippen LogP contribution in [-0.4, -0.2) is 33.9 Å². The zero-order chi connectivity index (χ0) is 30.1. The van der Waals surface area contributed by atoms with Gasteiger partial charge in [-0.15, -0.1) is 0 Å². The van der Waals surface area contributed by atoms with Gasteiger partial charge in [0.25, 0.3) is 0 Å². The number of amides is 2. The van der Waals surface area contributed by atoms with Gasteiger partial charge in [0.2, 0.25) is 0 Å². The Hall–Kier alpha value is -4.33. The number of aromatic nitrogens is 2. The summed E-state index contributed by atoms with van der Waals surface area (Å²) in [6, 6.07) is 21.3. The first-order chi connectivity index (χ1) is 20.2. The highest BCUT2D eigenvalue weighted by atomic mass is 16.7. The highest BCUT2D eigenvalue weighted by Crippen LogP contribution is 2.31. The number of carbonyl (C=O) groups excluding carboxylic acids is 2. The molecule has 0 bridgehead atoms. The molecule has 0 atom stereocenters. The van der Waals surface area contributed by atoms with Crippen molar-refractivity contribution in [2.24, 2.45) is 0 Å². The summed E-state index contributed by atoms with van der Waals surface area (Å²) in [5.74, 6) is 1.47. The lowest BCUT2D eigenvalue weighted by Gasteiger charge is -2.19. The van der Waals surface area contributed by atoms with Crippen molar-refractivity contribution in [3.05, 3.63) is 78.1 Å². The van der Waals surface area contributed by atoms with E-state index in [1.54, 1.807) is 26.8 Å². The van der Waals surface area contributed by atoms with E-state index in [0.717, 1.165) is 71.3 Å². The number of hydrogen-bond donors (Lipinski definition) is 2. The molecule has 0 spiro atoms. The molecule has 0 aliphatic carbocycles. The molecule has 0 aliphatic heterocycles. The van der Waals surface area contributed by atoms with Gasteiger partial charge in [-0.3, -0.25) is 0 Å². The number of para-hydroxylation sites is 1. The van der Waals surface area contributed by atoms with Gasteiger partial charge in [0.05, 0.1) is 11.0 Å². The van der Waals surface area contributed by atoms with Crippen LogP contribution in [0.2, 0.25) is 0 Å². The number of nitrogens with zero attached hydrogens (tertiary/aromatic N) is 2. The minimum atomic E-state index is -0.731. The number of unbranched alkanes of at least 4 members (excludes halogenated alkanes) is 2. The molecule has 2 N–H and O–H groups in total. The van der Waals surface area contributed by atoms with Crippen LogP contribution in [0.15, 0.2) is 66.7 Å². The van der Waals surface area contributed by atoms with Crippen LogP contribution < -0.4 is 15.4 Å². The smallest absolute Gasteiger partial charge is 0.428 e. The average molecular weight is 571 g/mol. The molecule has 0 saturated heterocycles. The van der Waals surface area contributed by atoms with Crippen molar-refractivity contribution in [3.63, 3.8) is 0 Å². The van der Waals surface area contributed by atoms with Crippen molar-refractivity contribution in [1.29, 1.82) is 0 Å². The van der Waals surface area contributed by atoms with Gasteiger partial charge in [-0.1, -0.05) is 69.2 Å². The van der Waals surface area contributed by atoms with Crippen LogP contribution in [0.1, 0.15) is 71.7 Å². The van der Waals surface area contributed by atoms with E-state index in [9.17, 15) is 9.59 Å². The van der Waals surface area contributed by atoms with Gasteiger partial charge in [0.1, 0.15) is 17.2 Å². The zero-order valence-electron chi connectivity index (χ0n) is 25.3. The zero-order valence-corrected chi connectivity index (χ0v) is 25.3. The quantitative estimate of drug-likeness (QED) is 0.107. The molecule has 8 heteroatoms. The Morgan fingerprint density at radius 3 is 2.38 bits per heavy atom. The summed E-state index contributed by atoms with van der Waals surface area (Å²) in [5, 5.41) is 5.86. The maximum atomic E-state index is 12.4. The number of nitrogens with one attached hydrogen (secondary N) is 2. The Morgan fingerprint density at radius 2 is 1.67 bits per heavy atom. The van der Waals surface area contributed by atoms with Gasteiger partial charge in [-0.05, 0) is 69.0 Å². The Bertz CT molecular complexity index is 1500. The highest BCUT2D eigenvalue weighted by Gasteiger charge is 2.20. The molecule has 0 radical (unpaired) electrons. The van der Waals surface area contributed by atoms with Crippen LogP contribution in [-0.2, 0) is 17.7 Å². The van der Waals surface area contributed by atoms with Crippen molar-refractivity contribution < 1.29 is 19.1 Å². The summed E-state index contributed by atoms with van der Waals surface area (Å²) in [4.78, 5) is 29.6. The molecule has 0 aliphatic rings. The molecule has 222 valence electrons. The topological polar surface area (TPSA) is 94.5 Å². The molecule has 0 fully saturated rings. The molecular weight excluding hydrogens is 528 g/mol. The number of imidazole rings is 1. The molecule has 4 aromatic rings. The molecular formula is C34H42N4O4. The van der Waals surface area contributed by atoms with Gasteiger partial charge >= 0.3 is 12.2 Å². The normalized spacial score (nSPS) is 11.4. The molecule has 2 amide bonds. The Balaban J connectivity index is 1.57. The molecule has 3 aromatic carbocycles. The second kappa shape index (κ2) is 14.0. The van der Waals surface area contributed by atoms with E-state index < -0.39 is 11.8 Å². The SMILES string of the molecule is CCCCNC(=O)Nc1ccc2nc(CCCC)n(Cc3ccc(-c4ccccc4OC(=O)OC(C)(C)C)cc3)c2c1. The summed E-state index contributed by atoms with van der Waals surface area (Å²) in [6.45, 7) is 11.0. The first kappa shape index (κ1) is 30.6. The van der Waals surface area contributed by atoms with Crippen molar-refractivity contribution in [2.45, 2.75) is 78.9 Å². The van der Waals surface area contributed by atoms with Crippen LogP contribution >= 0.6 is 0 Å². The van der Waals surface area contributed by atoms with E-state index >= 15 is 0 Å². The number of carbonyl (C=O) groups is 2. The number of rotatable bonds is 11. The predicted octanol–water partition coefficient (Wildman–Crippen LogP) is 8.33. The number of anilines is 1. The molecule has 1 heterocycles. The standard InChI is InChI=1S/C34H42N4O4/c1-6-8-14-31-37-28-20-19-26(36-32(39)35-21-9-7-2)22-29(28)38(31)23-24-15-17-25(18-16-24)27-12-10-11-13-30(27)41-33(40)42-34(3,4)5/h10-13,15-20,22H,6-9,14,21,23H2,1-5H3,(H2,35,36,39). The molecule has 0 unspecified atom stereocenters. The molecule has 4 rings (SSSR count). The number of urea groups is 1. The summed E-state index contributed by atoms with van der Waals surface area (Å²) in [5.41, 5.74) is 4.82. The van der Waals surface area contributed by atoms with E-state index in [0.29, 0.717) is 18.8 Å². The van der Waals surface area contributed by atoms with Gasteiger partial charge < -0.3 is 24.7 Å². The van der Waals surface area contributed by atoms with E-state index in [4.69, 9.17) is 14.5 Å². The predicted molar refractivity (Wildman–Crippen MR) is 168 cm³/mol. The molecule has 0 saturated carbocycles. The third-order valence-corrected chi connectivity index (χ3v) is 6.73. The second-order valence-corrected chi connectivity index (χ2v) is 11.4. The van der Waals surface area contributed by atoms with E-state index in [1.807, 2.05) is 48.5 Å². The molecule has 42 heavy (non-hydrogen) atoms. The van der Waals surface area contributed by atoms with Crippen LogP contribution in [0.5, 0.6) is 5.75 Å². The summed E-state index contributed by atoms with van der Waals surface area (Å²) in [6.07, 6.45) is 4.24. The fourth-order valence-corrected chi connectivity index (χ4v) is 4.63. The lowest BCUT2D eigenvalue weighted by atomic mass is 10.0. The Labute approximate surface area is 248 Å². The summed E-state index contributed by atoms with van der Waals surface area (Å²) < 4.78 is 13.1. The maximum absolute atomic E-state index is 12.4. The van der Waals surface area contributed by atoms with Gasteiger partial charge in [0, 0.05) is 30.8 Å². The third-order valence-electron chi connectivity index (χ3n) is 6.73. The van der Waals surface area contributed by atoms with E-state index in [2.05, 4.69) is 41.2 Å². The van der Waals surface area contributed by atoms with Crippen LogP contribution in [0.25, 0.3) is 22.2 Å².